The highest BCUT2D eigenvalue weighted by Crippen LogP contribution is 2.56. The number of aromatic hydroxyl groups is 1. The summed E-state index contributed by atoms with van der Waals surface area (Å²) in [5.74, 6) is -13.9. The average Bonchev–Trinajstić information content (AvgIpc) is 1.54. The van der Waals surface area contributed by atoms with Crippen LogP contribution in [0.5, 0.6) is 34.5 Å². The zero-order chi connectivity index (χ0) is 78.6. The van der Waals surface area contributed by atoms with Crippen LogP contribution < -0.4 is 73.5 Å². The zero-order valence-electron chi connectivity index (χ0n) is 60.8. The molecule has 11 aliphatic rings. The van der Waals surface area contributed by atoms with Crippen LogP contribution in [0.2, 0.25) is 10.0 Å². The number of rotatable bonds is 19. The van der Waals surface area contributed by atoms with Crippen molar-refractivity contribution in [3.63, 3.8) is 0 Å². The summed E-state index contributed by atoms with van der Waals surface area (Å²) in [7, 11) is 1.50. The normalized spacial score (nSPS) is 29.5. The number of unbranched alkanes of at least 4 members (excludes halogenated alkanes) is 3. The van der Waals surface area contributed by atoms with Gasteiger partial charge in [0.2, 0.25) is 65.1 Å². The van der Waals surface area contributed by atoms with E-state index in [-0.39, 0.29) is 108 Å². The van der Waals surface area contributed by atoms with E-state index >= 15 is 24.0 Å². The summed E-state index contributed by atoms with van der Waals surface area (Å²) >= 11 is 14.2. The molecule has 31 nitrogen and oxygen atoms in total. The van der Waals surface area contributed by atoms with Crippen LogP contribution in [0.3, 0.4) is 0 Å². The van der Waals surface area contributed by atoms with Crippen molar-refractivity contribution in [3.05, 3.63) is 127 Å². The molecule has 6 heterocycles. The molecule has 0 aromatic heterocycles. The predicted molar refractivity (Wildman–Crippen MR) is 394 cm³/mol. The number of aliphatic hydroxyl groups is 7. The van der Waals surface area contributed by atoms with Crippen molar-refractivity contribution in [2.24, 2.45) is 41.1 Å². The van der Waals surface area contributed by atoms with Crippen molar-refractivity contribution in [3.8, 4) is 45.6 Å². The van der Waals surface area contributed by atoms with Crippen LogP contribution in [0, 0.1) is 29.6 Å². The van der Waals surface area contributed by atoms with Gasteiger partial charge in [-0.05, 0) is 176 Å². The Morgan fingerprint density at radius 2 is 1.30 bits per heavy atom. The van der Waals surface area contributed by atoms with E-state index in [2.05, 4.69) is 54.8 Å². The van der Waals surface area contributed by atoms with Crippen LogP contribution in [0.4, 0.5) is 0 Å². The first-order chi connectivity index (χ1) is 52.4. The summed E-state index contributed by atoms with van der Waals surface area (Å²) in [5.41, 5.74) is 10.2. The van der Waals surface area contributed by atoms with Crippen LogP contribution in [-0.2, 0) is 55.4 Å². The predicted octanol–water partition coefficient (Wildman–Crippen LogP) is 2.45. The van der Waals surface area contributed by atoms with Gasteiger partial charge in [-0.15, -0.1) is 0 Å². The lowest BCUT2D eigenvalue weighted by atomic mass is 9.54. The third-order valence-electron chi connectivity index (χ3n) is 22.6. The molecule has 21 N–H and O–H groups in total. The van der Waals surface area contributed by atoms with Crippen LogP contribution >= 0.6 is 23.2 Å². The second kappa shape index (κ2) is 32.5. The van der Waals surface area contributed by atoms with E-state index in [0.29, 0.717) is 18.4 Å². The second-order valence-electron chi connectivity index (χ2n) is 30.6. The average molecular weight is 1560 g/mol. The smallest absolute Gasteiger partial charge is 0.248 e. The third kappa shape index (κ3) is 15.8. The number of aliphatic hydroxyl groups excluding tert-OH is 5. The van der Waals surface area contributed by atoms with E-state index in [9.17, 15) is 55.2 Å². The fraction of sp³-hybridized carbons (Fsp3) is 0.506. The van der Waals surface area contributed by atoms with Crippen molar-refractivity contribution >= 4 is 70.5 Å². The first-order valence-electron chi connectivity index (χ1n) is 37.3. The Hall–Kier alpha value is -8.80. The molecule has 5 aliphatic carbocycles. The molecule has 110 heavy (non-hydrogen) atoms. The van der Waals surface area contributed by atoms with Gasteiger partial charge in [0.05, 0.1) is 22.5 Å². The number of nitrogens with two attached hydrogens (primary N) is 2. The lowest BCUT2D eigenvalue weighted by Crippen LogP contribution is -2.60. The molecule has 14 atom stereocenters. The number of nitrogens with one attached hydrogen (secondary N) is 9. The molecule has 8 amide bonds. The van der Waals surface area contributed by atoms with Crippen molar-refractivity contribution in [1.29, 1.82) is 0 Å². The Morgan fingerprint density at radius 3 is 1.91 bits per heavy atom. The van der Waals surface area contributed by atoms with Crippen molar-refractivity contribution in [2.75, 3.05) is 20.1 Å². The van der Waals surface area contributed by atoms with E-state index in [4.69, 9.17) is 53.6 Å². The minimum Gasteiger partial charge on any atom is -0.508 e. The lowest BCUT2D eigenvalue weighted by Gasteiger charge is -2.54. The molecular formula is C77H93Cl2N11O20. The quantitative estimate of drug-likeness (QED) is 0.0417. The van der Waals surface area contributed by atoms with E-state index in [0.717, 1.165) is 69.9 Å². The molecule has 6 aliphatic heterocycles. The maximum absolute atomic E-state index is 16.3. The minimum absolute atomic E-state index is 0.00126. The number of carbonyl (C=O) groups excluding carboxylic acids is 8. The zero-order valence-corrected chi connectivity index (χ0v) is 62.3. The Balaban J connectivity index is 1.01. The van der Waals surface area contributed by atoms with Gasteiger partial charge in [-0.25, -0.2) is 0 Å². The van der Waals surface area contributed by atoms with E-state index in [1.807, 2.05) is 13.8 Å². The van der Waals surface area contributed by atoms with Gasteiger partial charge in [-0.3, -0.25) is 38.4 Å². The standard InChI is InChI=1S/C77H93Cl2N11O20/c1-5-6-7-8-15-83-30-42-48(91)27-41-55-40-22-34(9-12-43(40)77(105,106)56(42)55)58-71(100)90-62(75(104)88-60(41)73(102)85-57-37-18-32-17-33(20-37)21-38(57)19-32)64(94)36-11-14-50(45(79)24-36)108-52-26-39-25-51(68(52)110-76-67(97)66(96)65(95)53(29-80)109-76)107-49-13-10-35(23-44(49)78)63(93)61(89-69(98)46(82-4)16-31(2)3)74(103)84-47(28-54(81)92)70(99)86-59(39)72(101)87-58/h9-14,22-27,31-33,37-38,46-47,53,57-67,76,82-83,91,93-97,105-106H,5-8,15-21,28-30,80H2,1-4H3,(H2,81,92)(H,84,103)(H,85,102)(H,86,99)(H,87,101)(H,88,104)(H,89,98)(H,90,100)/t32?,33?,37?,38?,46-,47+,53-,57?,58-,59-,60+,61-,62+,63-,64-,65-,66+,67-,76+/m1/s1. The fourth-order valence-electron chi connectivity index (χ4n) is 17.2. The van der Waals surface area contributed by atoms with Gasteiger partial charge >= 0.3 is 0 Å². The Morgan fingerprint density at radius 1 is 0.682 bits per heavy atom. The van der Waals surface area contributed by atoms with Gasteiger partial charge in [0, 0.05) is 35.8 Å². The Labute approximate surface area is 642 Å². The Bertz CT molecular complexity index is 4410. The highest BCUT2D eigenvalue weighted by molar-refractivity contribution is 6.32. The highest BCUT2D eigenvalue weighted by atomic mass is 35.5. The summed E-state index contributed by atoms with van der Waals surface area (Å²) in [6.07, 6.45) is -6.12. The number of fused-ring (bicyclic) bond motifs is 12. The van der Waals surface area contributed by atoms with Gasteiger partial charge in [-0.1, -0.05) is 87.5 Å². The monoisotopic (exact) mass is 1560 g/mol. The number of primary amides is 1. The number of phenols is 1. The summed E-state index contributed by atoms with van der Waals surface area (Å²) in [6, 6.07) is 0.791. The molecule has 1 saturated heterocycles. The number of likely N-dealkylation sites (N-methyl/N-ethyl adjacent to an activating group) is 1. The Kier molecular flexibility index (Phi) is 23.4. The van der Waals surface area contributed by atoms with Crippen LogP contribution in [0.25, 0.3) is 11.1 Å². The minimum atomic E-state index is -2.99. The number of halogens is 2. The maximum atomic E-state index is 16.3. The first-order valence-corrected chi connectivity index (χ1v) is 38.0. The molecule has 5 aromatic rings. The topological polar surface area (TPSA) is 496 Å². The van der Waals surface area contributed by atoms with Crippen molar-refractivity contribution in [1.82, 2.24) is 47.9 Å². The van der Waals surface area contributed by atoms with E-state index < -0.39 is 180 Å². The molecule has 4 saturated carbocycles. The van der Waals surface area contributed by atoms with Crippen LogP contribution in [-0.4, -0.2) is 169 Å². The molecule has 5 aromatic carbocycles. The van der Waals surface area contributed by atoms with Gasteiger partial charge in [0.15, 0.2) is 11.5 Å². The first kappa shape index (κ1) is 79.3. The summed E-state index contributed by atoms with van der Waals surface area (Å²) in [6.45, 7) is 5.60. The lowest BCUT2D eigenvalue weighted by molar-refractivity contribution is -0.270. The summed E-state index contributed by atoms with van der Waals surface area (Å²) < 4.78 is 25.6. The summed E-state index contributed by atoms with van der Waals surface area (Å²) in [5, 5.41) is 121. The number of hydrogen-bond acceptors (Lipinski definition) is 23. The molecule has 0 radical (unpaired) electrons. The molecule has 0 unspecified atom stereocenters. The van der Waals surface area contributed by atoms with E-state index in [1.54, 1.807) is 0 Å². The van der Waals surface area contributed by atoms with Crippen molar-refractivity contribution < 1.29 is 98.2 Å². The number of hydrogen-bond donors (Lipinski definition) is 19. The number of benzene rings is 5. The molecular weight excluding hydrogens is 1470 g/mol. The number of ether oxygens (including phenoxy) is 4. The fourth-order valence-corrected chi connectivity index (χ4v) is 17.6. The number of amides is 8. The van der Waals surface area contributed by atoms with Crippen LogP contribution in [0.1, 0.15) is 166 Å². The SMILES string of the molecule is CCCCCCNCc1c(O)cc2c3c1C(O)(O)c1ccc(cc1-3)[C@H]1NC(=O)[C@@H]3NC(=O)[C@H](CC(N)=O)NC(=O)[C@H](NC(=O)[C@@H](CC(C)C)NC)[C@H](O)c4ccc(c(Cl)c4)Oc4cc3cc(c4O[C@@H]3O[C@H](CN)[C@@H](O)[C@H](O)[C@H]3O)Oc3ccc(cc3Cl)[C@@H](O)[C@H](NC1=O)C(=O)N[C@@H]2C(=O)NC1C2CC3CC(C2)CC1C3. The molecule has 33 heteroatoms. The highest BCUT2D eigenvalue weighted by Gasteiger charge is 2.53. The maximum Gasteiger partial charge on any atom is 0.248 e. The van der Waals surface area contributed by atoms with Gasteiger partial charge in [-0.2, -0.15) is 0 Å². The molecule has 16 rings (SSSR count). The third-order valence-corrected chi connectivity index (χ3v) is 23.2. The van der Waals surface area contributed by atoms with Crippen LogP contribution in [0.15, 0.2) is 72.8 Å². The number of phenolic OH excluding ortho intramolecular Hbond substituents is 1. The molecule has 590 valence electrons. The van der Waals surface area contributed by atoms with Gasteiger partial charge < -0.3 is 119 Å². The summed E-state index contributed by atoms with van der Waals surface area (Å²) in [4.78, 5) is 122. The second-order valence-corrected chi connectivity index (χ2v) is 31.4. The van der Waals surface area contributed by atoms with E-state index in [1.165, 1.54) is 67.7 Å². The van der Waals surface area contributed by atoms with Gasteiger partial charge in [0.25, 0.3) is 0 Å². The molecule has 15 bridgehead atoms. The van der Waals surface area contributed by atoms with Crippen molar-refractivity contribution in [2.45, 2.75) is 195 Å². The molecule has 0 spiro atoms. The largest absolute Gasteiger partial charge is 0.508 e. The molecule has 5 fully saturated rings. The van der Waals surface area contributed by atoms with Gasteiger partial charge in [0.1, 0.15) is 90.1 Å². The number of carbonyl (C=O) groups is 8.